The fraction of sp³-hybridized carbons (Fsp3) is 0.125. The van der Waals surface area contributed by atoms with Gasteiger partial charge in [-0.05, 0) is 54.4 Å². The second-order valence-corrected chi connectivity index (χ2v) is 7.64. The van der Waals surface area contributed by atoms with Crippen LogP contribution in [0, 0.1) is 11.6 Å². The van der Waals surface area contributed by atoms with E-state index in [1.54, 1.807) is 29.1 Å². The van der Waals surface area contributed by atoms with Gasteiger partial charge in [-0.25, -0.2) is 18.3 Å². The number of aromatic hydroxyl groups is 1. The van der Waals surface area contributed by atoms with Crippen molar-refractivity contribution in [1.29, 1.82) is 0 Å². The van der Waals surface area contributed by atoms with Gasteiger partial charge < -0.3 is 20.1 Å². The summed E-state index contributed by atoms with van der Waals surface area (Å²) in [5.74, 6) is -3.00. The molecule has 174 valence electrons. The minimum atomic E-state index is -1.25. The summed E-state index contributed by atoms with van der Waals surface area (Å²) in [6.07, 6.45) is 4.69. The second kappa shape index (κ2) is 9.57. The van der Waals surface area contributed by atoms with E-state index in [0.29, 0.717) is 12.0 Å². The van der Waals surface area contributed by atoms with Gasteiger partial charge in [0.25, 0.3) is 0 Å². The summed E-state index contributed by atoms with van der Waals surface area (Å²) in [7, 11) is 0. The maximum atomic E-state index is 13.5. The Morgan fingerprint density at radius 1 is 1.00 bits per heavy atom. The van der Waals surface area contributed by atoms with E-state index in [-0.39, 0.29) is 30.0 Å². The third kappa shape index (κ3) is 5.29. The van der Waals surface area contributed by atoms with E-state index in [1.807, 2.05) is 0 Å². The number of phenols is 1. The summed E-state index contributed by atoms with van der Waals surface area (Å²) in [5, 5.41) is 25.8. The number of carboxylic acids is 1. The average molecular weight is 466 g/mol. The highest BCUT2D eigenvalue weighted by Crippen LogP contribution is 2.21. The van der Waals surface area contributed by atoms with Gasteiger partial charge in [-0.1, -0.05) is 0 Å². The molecule has 0 fully saturated rings. The fourth-order valence-electron chi connectivity index (χ4n) is 3.58. The molecule has 10 heteroatoms. The molecule has 0 saturated heterocycles. The highest BCUT2D eigenvalue weighted by atomic mass is 19.1. The smallest absolute Gasteiger partial charge is 0.339 e. The molecule has 0 bridgehead atoms. The molecule has 0 spiro atoms. The molecule has 0 unspecified atom stereocenters. The summed E-state index contributed by atoms with van der Waals surface area (Å²) in [6, 6.07) is 11.3. The van der Waals surface area contributed by atoms with Gasteiger partial charge in [-0.2, -0.15) is 5.10 Å². The van der Waals surface area contributed by atoms with Crippen molar-refractivity contribution in [2.45, 2.75) is 19.4 Å². The number of hydrogen-bond acceptors (Lipinski definition) is 4. The van der Waals surface area contributed by atoms with E-state index in [0.717, 1.165) is 29.6 Å². The number of nitrogens with zero attached hydrogens (tertiary/aromatic N) is 3. The number of phenolic OH excluding ortho intramolecular Hbond substituents is 1. The summed E-state index contributed by atoms with van der Waals surface area (Å²) in [6.45, 7) is 0.0244. The first-order valence-corrected chi connectivity index (χ1v) is 10.3. The van der Waals surface area contributed by atoms with E-state index in [2.05, 4.69) is 10.4 Å². The maximum Gasteiger partial charge on any atom is 0.339 e. The largest absolute Gasteiger partial charge is 0.508 e. The number of aromatic carboxylic acids is 1. The lowest BCUT2D eigenvalue weighted by Crippen LogP contribution is -2.15. The number of aromatic nitrogens is 3. The van der Waals surface area contributed by atoms with E-state index < -0.39 is 23.5 Å². The lowest BCUT2D eigenvalue weighted by atomic mass is 10.2. The molecule has 0 aliphatic heterocycles. The minimum Gasteiger partial charge on any atom is -0.508 e. The van der Waals surface area contributed by atoms with Crippen LogP contribution in [0.15, 0.2) is 67.1 Å². The van der Waals surface area contributed by atoms with E-state index in [1.165, 1.54) is 29.1 Å². The third-order valence-electron chi connectivity index (χ3n) is 5.10. The summed E-state index contributed by atoms with van der Waals surface area (Å²) >= 11 is 0. The zero-order valence-electron chi connectivity index (χ0n) is 17.8. The molecule has 8 nitrogen and oxygen atoms in total. The Morgan fingerprint density at radius 3 is 2.38 bits per heavy atom. The van der Waals surface area contributed by atoms with Crippen molar-refractivity contribution in [3.8, 4) is 11.4 Å². The summed E-state index contributed by atoms with van der Waals surface area (Å²) in [5.41, 5.74) is 1.73. The quantitative estimate of drug-likeness (QED) is 0.364. The Bertz CT molecular complexity index is 1330. The zero-order chi connectivity index (χ0) is 24.2. The van der Waals surface area contributed by atoms with Crippen LogP contribution in [0.4, 0.5) is 14.5 Å². The third-order valence-corrected chi connectivity index (χ3v) is 5.10. The first-order chi connectivity index (χ1) is 16.3. The van der Waals surface area contributed by atoms with Crippen molar-refractivity contribution < 1.29 is 28.6 Å². The van der Waals surface area contributed by atoms with Crippen LogP contribution in [-0.2, 0) is 17.8 Å². The number of rotatable bonds is 8. The second-order valence-electron chi connectivity index (χ2n) is 7.64. The van der Waals surface area contributed by atoms with Crippen molar-refractivity contribution in [3.63, 3.8) is 0 Å². The molecular weight excluding hydrogens is 446 g/mol. The molecule has 0 aliphatic rings. The molecule has 0 radical (unpaired) electrons. The standard InChI is InChI=1S/C24H20F2N4O4/c25-16-9-15(10-17(26)11-16)12-29-13-21(24(33)34)22(14-29)28-23(32)6-3-19-7-8-27-30(19)18-1-4-20(31)5-2-18/h1-2,4-5,7-11,13-14,31H,3,6,12H2,(H,28,32)(H,33,34). The number of hydrogen-bond donors (Lipinski definition) is 3. The zero-order valence-corrected chi connectivity index (χ0v) is 17.8. The van der Waals surface area contributed by atoms with Crippen LogP contribution in [0.5, 0.6) is 5.75 Å². The highest BCUT2D eigenvalue weighted by Gasteiger charge is 2.17. The summed E-state index contributed by atoms with van der Waals surface area (Å²) in [4.78, 5) is 24.2. The van der Waals surface area contributed by atoms with Gasteiger partial charge in [0.2, 0.25) is 5.91 Å². The molecule has 2 heterocycles. The molecule has 2 aromatic carbocycles. The molecule has 0 aliphatic carbocycles. The van der Waals surface area contributed by atoms with E-state index >= 15 is 0 Å². The molecule has 1 amide bonds. The van der Waals surface area contributed by atoms with Gasteiger partial charge in [0, 0.05) is 43.3 Å². The fourth-order valence-corrected chi connectivity index (χ4v) is 3.58. The number of carboxylic acid groups (broad SMARTS) is 1. The van der Waals surface area contributed by atoms with Crippen LogP contribution in [0.3, 0.4) is 0 Å². The molecule has 0 atom stereocenters. The van der Waals surface area contributed by atoms with Crippen LogP contribution in [-0.4, -0.2) is 36.4 Å². The number of amides is 1. The number of aryl methyl sites for hydroxylation is 1. The predicted molar refractivity (Wildman–Crippen MR) is 119 cm³/mol. The van der Waals surface area contributed by atoms with Gasteiger partial charge in [0.05, 0.1) is 11.4 Å². The first kappa shape index (κ1) is 22.7. The van der Waals surface area contributed by atoms with Crippen molar-refractivity contribution >= 4 is 17.6 Å². The number of benzene rings is 2. The number of nitrogens with one attached hydrogen (secondary N) is 1. The SMILES string of the molecule is O=C(CCc1ccnn1-c1ccc(O)cc1)Nc1cn(Cc2cc(F)cc(F)c2)cc1C(=O)O. The van der Waals surface area contributed by atoms with E-state index in [4.69, 9.17) is 0 Å². The Labute approximate surface area is 192 Å². The Morgan fingerprint density at radius 2 is 1.71 bits per heavy atom. The van der Waals surface area contributed by atoms with Crippen LogP contribution in [0.1, 0.15) is 28.0 Å². The Balaban J connectivity index is 1.44. The topological polar surface area (TPSA) is 109 Å². The predicted octanol–water partition coefficient (Wildman–Crippen LogP) is 3.98. The van der Waals surface area contributed by atoms with Crippen LogP contribution in [0.2, 0.25) is 0 Å². The molecule has 0 saturated carbocycles. The summed E-state index contributed by atoms with van der Waals surface area (Å²) < 4.78 is 30.0. The Kier molecular flexibility index (Phi) is 6.39. The molecule has 4 aromatic rings. The number of anilines is 1. The van der Waals surface area contributed by atoms with Gasteiger partial charge in [0.1, 0.15) is 22.9 Å². The van der Waals surface area contributed by atoms with Crippen molar-refractivity contribution in [2.75, 3.05) is 5.32 Å². The molecule has 3 N–H and O–H groups in total. The number of carbonyl (C=O) groups is 2. The maximum absolute atomic E-state index is 13.5. The van der Waals surface area contributed by atoms with Crippen molar-refractivity contribution in [3.05, 3.63) is 95.6 Å². The van der Waals surface area contributed by atoms with Gasteiger partial charge in [-0.3, -0.25) is 4.79 Å². The van der Waals surface area contributed by atoms with E-state index in [9.17, 15) is 28.6 Å². The van der Waals surface area contributed by atoms with Gasteiger partial charge >= 0.3 is 5.97 Å². The van der Waals surface area contributed by atoms with Gasteiger partial charge in [-0.15, -0.1) is 0 Å². The van der Waals surface area contributed by atoms with Crippen LogP contribution < -0.4 is 5.32 Å². The molecule has 4 rings (SSSR count). The average Bonchev–Trinajstić information content (AvgIpc) is 3.39. The van der Waals surface area contributed by atoms with Crippen LogP contribution in [0.25, 0.3) is 5.69 Å². The van der Waals surface area contributed by atoms with Gasteiger partial charge in [0.15, 0.2) is 0 Å². The molecule has 2 aromatic heterocycles. The lowest BCUT2D eigenvalue weighted by Gasteiger charge is -2.08. The lowest BCUT2D eigenvalue weighted by molar-refractivity contribution is -0.116. The minimum absolute atomic E-state index is 0.0244. The van der Waals surface area contributed by atoms with Crippen molar-refractivity contribution in [1.82, 2.24) is 14.3 Å². The number of carbonyl (C=O) groups excluding carboxylic acids is 1. The highest BCUT2D eigenvalue weighted by molar-refractivity contribution is 6.00. The molecule has 34 heavy (non-hydrogen) atoms. The first-order valence-electron chi connectivity index (χ1n) is 10.3. The number of halogens is 2. The van der Waals surface area contributed by atoms with Crippen LogP contribution >= 0.6 is 0 Å². The van der Waals surface area contributed by atoms with Crippen molar-refractivity contribution in [2.24, 2.45) is 0 Å². The Hall–Kier alpha value is -4.47. The monoisotopic (exact) mass is 466 g/mol. The molecular formula is C24H20F2N4O4. The normalized spacial score (nSPS) is 10.9.